The zero-order valence-corrected chi connectivity index (χ0v) is 18.9. The first-order chi connectivity index (χ1) is 15.3. The molecule has 1 N–H and O–H groups in total. The van der Waals surface area contributed by atoms with Gasteiger partial charge in [-0.15, -0.1) is 0 Å². The smallest absolute Gasteiger partial charge is 0.261 e. The Morgan fingerprint density at radius 1 is 1.03 bits per heavy atom. The van der Waals surface area contributed by atoms with Gasteiger partial charge in [0.05, 0.1) is 10.6 Å². The van der Waals surface area contributed by atoms with Gasteiger partial charge in [-0.25, -0.2) is 8.42 Å². The molecular weight excluding hydrogens is 448 g/mol. The Kier molecular flexibility index (Phi) is 6.04. The lowest BCUT2D eigenvalue weighted by Gasteiger charge is -2.17. The third kappa shape index (κ3) is 4.26. The van der Waals surface area contributed by atoms with Crippen molar-refractivity contribution in [3.05, 3.63) is 88.4 Å². The monoisotopic (exact) mass is 468 g/mol. The lowest BCUT2D eigenvalue weighted by Crippen LogP contribution is -2.27. The highest BCUT2D eigenvalue weighted by Gasteiger charge is 2.26. The normalized spacial score (nSPS) is 13.0. The van der Waals surface area contributed by atoms with E-state index in [1.807, 2.05) is 0 Å². The summed E-state index contributed by atoms with van der Waals surface area (Å²) >= 11 is 6.09. The quantitative estimate of drug-likeness (QED) is 0.533. The highest BCUT2D eigenvalue weighted by atomic mass is 35.5. The van der Waals surface area contributed by atoms with E-state index in [1.54, 1.807) is 54.3 Å². The minimum absolute atomic E-state index is 0.00251. The van der Waals surface area contributed by atoms with Crippen molar-refractivity contribution in [2.75, 3.05) is 16.2 Å². The Hall–Kier alpha value is -3.16. The first-order valence-electron chi connectivity index (χ1n) is 10.2. The minimum atomic E-state index is -3.98. The molecule has 164 valence electrons. The van der Waals surface area contributed by atoms with E-state index >= 15 is 0 Å². The third-order valence-corrected chi connectivity index (χ3v) is 6.97. The van der Waals surface area contributed by atoms with Crippen LogP contribution in [0.5, 0.6) is 0 Å². The molecule has 32 heavy (non-hydrogen) atoms. The summed E-state index contributed by atoms with van der Waals surface area (Å²) in [4.78, 5) is 26.8. The number of nitrogens with one attached hydrogen (secondary N) is 1. The van der Waals surface area contributed by atoms with E-state index < -0.39 is 10.0 Å². The van der Waals surface area contributed by atoms with Crippen LogP contribution in [0.15, 0.2) is 71.6 Å². The van der Waals surface area contributed by atoms with Crippen LogP contribution in [0.2, 0.25) is 5.02 Å². The molecule has 0 fully saturated rings. The number of sulfonamides is 1. The number of carbonyl (C=O) groups excluding carboxylic acids is 2. The van der Waals surface area contributed by atoms with Crippen LogP contribution in [0.3, 0.4) is 0 Å². The summed E-state index contributed by atoms with van der Waals surface area (Å²) in [5.41, 5.74) is 2.27. The summed E-state index contributed by atoms with van der Waals surface area (Å²) in [6.45, 7) is 2.33. The van der Waals surface area contributed by atoms with Crippen molar-refractivity contribution in [2.24, 2.45) is 0 Å². The van der Waals surface area contributed by atoms with Crippen molar-refractivity contribution in [3.63, 3.8) is 0 Å². The predicted octanol–water partition coefficient (Wildman–Crippen LogP) is 4.67. The Morgan fingerprint density at radius 2 is 1.78 bits per heavy atom. The summed E-state index contributed by atoms with van der Waals surface area (Å²) in [6.07, 6.45) is 0.971. The largest absolute Gasteiger partial charge is 0.312 e. The summed E-state index contributed by atoms with van der Waals surface area (Å²) < 4.78 is 28.8. The van der Waals surface area contributed by atoms with Crippen molar-refractivity contribution in [2.45, 2.75) is 24.7 Å². The van der Waals surface area contributed by atoms with E-state index in [2.05, 4.69) is 4.72 Å². The van der Waals surface area contributed by atoms with Gasteiger partial charge >= 0.3 is 0 Å². The van der Waals surface area contributed by atoms with Gasteiger partial charge in [0.2, 0.25) is 5.91 Å². The van der Waals surface area contributed by atoms with Gasteiger partial charge in [-0.1, -0.05) is 48.9 Å². The summed E-state index contributed by atoms with van der Waals surface area (Å²) in [5.74, 6) is -0.337. The van der Waals surface area contributed by atoms with E-state index in [1.165, 1.54) is 24.3 Å². The Balaban J connectivity index is 1.67. The molecule has 1 aliphatic rings. The SMILES string of the molecule is CCC(=O)N1CCc2cc(S(=O)(=O)Nc3ccc(Cl)cc3C(=O)c3ccccc3)ccc21. The topological polar surface area (TPSA) is 83.6 Å². The fourth-order valence-corrected chi connectivity index (χ4v) is 5.04. The van der Waals surface area contributed by atoms with Gasteiger partial charge in [-0.2, -0.15) is 0 Å². The van der Waals surface area contributed by atoms with E-state index in [4.69, 9.17) is 11.6 Å². The fourth-order valence-electron chi connectivity index (χ4n) is 3.74. The van der Waals surface area contributed by atoms with E-state index in [9.17, 15) is 18.0 Å². The molecule has 1 aliphatic heterocycles. The van der Waals surface area contributed by atoms with Crippen molar-refractivity contribution >= 4 is 44.7 Å². The molecule has 0 bridgehead atoms. The van der Waals surface area contributed by atoms with Crippen LogP contribution >= 0.6 is 11.6 Å². The molecule has 3 aromatic rings. The number of rotatable bonds is 6. The van der Waals surface area contributed by atoms with Crippen LogP contribution in [0.25, 0.3) is 0 Å². The third-order valence-electron chi connectivity index (χ3n) is 5.37. The van der Waals surface area contributed by atoms with Gasteiger partial charge in [0, 0.05) is 34.8 Å². The van der Waals surface area contributed by atoms with E-state index in [0.717, 1.165) is 11.3 Å². The molecule has 0 radical (unpaired) electrons. The van der Waals surface area contributed by atoms with Crippen molar-refractivity contribution in [1.82, 2.24) is 0 Å². The van der Waals surface area contributed by atoms with Crippen LogP contribution in [-0.4, -0.2) is 26.7 Å². The molecule has 3 aromatic carbocycles. The molecule has 0 aromatic heterocycles. The molecule has 4 rings (SSSR count). The number of benzene rings is 3. The van der Waals surface area contributed by atoms with E-state index in [-0.39, 0.29) is 27.8 Å². The Morgan fingerprint density at radius 3 is 2.50 bits per heavy atom. The zero-order chi connectivity index (χ0) is 22.9. The Labute approximate surface area is 191 Å². The highest BCUT2D eigenvalue weighted by Crippen LogP contribution is 2.32. The zero-order valence-electron chi connectivity index (χ0n) is 17.3. The van der Waals surface area contributed by atoms with Gasteiger partial charge in [0.1, 0.15) is 0 Å². The first-order valence-corrected chi connectivity index (χ1v) is 12.0. The Bertz CT molecular complexity index is 1310. The summed E-state index contributed by atoms with van der Waals surface area (Å²) in [6, 6.07) is 17.7. The number of nitrogens with zero attached hydrogens (tertiary/aromatic N) is 1. The number of amides is 1. The number of anilines is 2. The lowest BCUT2D eigenvalue weighted by atomic mass is 10.0. The van der Waals surface area contributed by atoms with Gasteiger partial charge in [0.25, 0.3) is 10.0 Å². The predicted molar refractivity (Wildman–Crippen MR) is 125 cm³/mol. The van der Waals surface area contributed by atoms with Gasteiger partial charge in [-0.3, -0.25) is 14.3 Å². The van der Waals surface area contributed by atoms with Crippen LogP contribution in [0.4, 0.5) is 11.4 Å². The molecule has 8 heteroatoms. The van der Waals surface area contributed by atoms with Gasteiger partial charge in [0.15, 0.2) is 5.78 Å². The maximum absolute atomic E-state index is 13.1. The number of carbonyl (C=O) groups is 2. The maximum Gasteiger partial charge on any atom is 0.261 e. The van der Waals surface area contributed by atoms with Crippen LogP contribution < -0.4 is 9.62 Å². The molecule has 6 nitrogen and oxygen atoms in total. The van der Waals surface area contributed by atoms with Crippen LogP contribution in [0, 0.1) is 0 Å². The van der Waals surface area contributed by atoms with Crippen molar-refractivity contribution in [1.29, 1.82) is 0 Å². The van der Waals surface area contributed by atoms with Crippen LogP contribution in [-0.2, 0) is 21.2 Å². The maximum atomic E-state index is 13.1. The van der Waals surface area contributed by atoms with Gasteiger partial charge < -0.3 is 4.90 Å². The standard InChI is InChI=1S/C24H21ClN2O4S/c1-2-23(28)27-13-12-17-14-19(9-11-22(17)27)32(30,31)26-21-10-8-18(25)15-20(21)24(29)16-6-4-3-5-7-16/h3-11,14-15,26H,2,12-13H2,1H3. The molecule has 0 saturated carbocycles. The lowest BCUT2D eigenvalue weighted by molar-refractivity contribution is -0.118. The van der Waals surface area contributed by atoms with Gasteiger partial charge in [-0.05, 0) is 48.4 Å². The second-order valence-electron chi connectivity index (χ2n) is 7.43. The molecule has 0 unspecified atom stereocenters. The minimum Gasteiger partial charge on any atom is -0.312 e. The average molecular weight is 469 g/mol. The highest BCUT2D eigenvalue weighted by molar-refractivity contribution is 7.92. The average Bonchev–Trinajstić information content (AvgIpc) is 3.23. The second kappa shape index (κ2) is 8.76. The van der Waals surface area contributed by atoms with Crippen LogP contribution in [0.1, 0.15) is 34.8 Å². The number of ketones is 1. The molecule has 1 amide bonds. The number of hydrogen-bond donors (Lipinski definition) is 1. The molecule has 0 aliphatic carbocycles. The summed E-state index contributed by atoms with van der Waals surface area (Å²) in [7, 11) is -3.98. The number of hydrogen-bond acceptors (Lipinski definition) is 4. The second-order valence-corrected chi connectivity index (χ2v) is 9.55. The molecule has 0 spiro atoms. The number of halogens is 1. The number of fused-ring (bicyclic) bond motifs is 1. The molecular formula is C24H21ClN2O4S. The van der Waals surface area contributed by atoms with Crippen molar-refractivity contribution < 1.29 is 18.0 Å². The molecule has 1 heterocycles. The first kappa shape index (κ1) is 22.0. The van der Waals surface area contributed by atoms with E-state index in [0.29, 0.717) is 30.0 Å². The fraction of sp³-hybridized carbons (Fsp3) is 0.167. The molecule has 0 saturated heterocycles. The van der Waals surface area contributed by atoms with Crippen molar-refractivity contribution in [3.8, 4) is 0 Å². The molecule has 0 atom stereocenters. The summed E-state index contributed by atoms with van der Waals surface area (Å²) in [5, 5.41) is 0.324.